The van der Waals surface area contributed by atoms with E-state index in [9.17, 15) is 4.79 Å². The molecule has 0 aliphatic carbocycles. The van der Waals surface area contributed by atoms with Crippen LogP contribution in [0.1, 0.15) is 36.6 Å². The number of hydrogen-bond acceptors (Lipinski definition) is 8. The zero-order valence-electron chi connectivity index (χ0n) is 21.8. The number of morpholine rings is 1. The number of aromatic amines is 1. The monoisotopic (exact) mass is 558 g/mol. The van der Waals surface area contributed by atoms with E-state index < -0.39 is 0 Å². The van der Waals surface area contributed by atoms with Crippen molar-refractivity contribution in [2.24, 2.45) is 0 Å². The molecule has 0 amide bonds. The van der Waals surface area contributed by atoms with Gasteiger partial charge < -0.3 is 24.7 Å². The summed E-state index contributed by atoms with van der Waals surface area (Å²) in [7, 11) is 1.67. The normalized spacial score (nSPS) is 17.2. The maximum atomic E-state index is 11.9. The van der Waals surface area contributed by atoms with E-state index in [1.54, 1.807) is 37.3 Å². The lowest BCUT2D eigenvalue weighted by Gasteiger charge is -2.36. The third-order valence-corrected chi connectivity index (χ3v) is 9.66. The fourth-order valence-electron chi connectivity index (χ4n) is 5.03. The summed E-state index contributed by atoms with van der Waals surface area (Å²) >= 11 is 3.61. The SMILES string of the molecule is CCC(Nc1ccc2c(c1)Sc1cccc(C3CN(c4cc[nH]c(=O)c4)CCO3)c1S2)c1cncc(OC)c1. The number of methoxy groups -OCH3 is 1. The fourth-order valence-corrected chi connectivity index (χ4v) is 7.48. The molecule has 200 valence electrons. The number of nitrogens with zero attached hydrogens (tertiary/aromatic N) is 2. The summed E-state index contributed by atoms with van der Waals surface area (Å²) in [5.41, 5.74) is 4.23. The number of ether oxygens (including phenoxy) is 2. The van der Waals surface area contributed by atoms with E-state index in [0.29, 0.717) is 13.2 Å². The van der Waals surface area contributed by atoms with Crippen LogP contribution in [0.25, 0.3) is 0 Å². The number of hydrogen-bond donors (Lipinski definition) is 2. The van der Waals surface area contributed by atoms with Gasteiger partial charge in [-0.1, -0.05) is 42.6 Å². The van der Waals surface area contributed by atoms with Gasteiger partial charge in [-0.25, -0.2) is 0 Å². The van der Waals surface area contributed by atoms with Gasteiger partial charge in [-0.05, 0) is 53.9 Å². The molecule has 2 aliphatic heterocycles. The Morgan fingerprint density at radius 3 is 2.90 bits per heavy atom. The molecule has 2 aromatic carbocycles. The number of fused-ring (bicyclic) bond motifs is 2. The van der Waals surface area contributed by atoms with Gasteiger partial charge in [-0.15, -0.1) is 0 Å². The minimum atomic E-state index is -0.0875. The Kier molecular flexibility index (Phi) is 7.54. The minimum absolute atomic E-state index is 0.0645. The maximum absolute atomic E-state index is 11.9. The molecular weight excluding hydrogens is 528 g/mol. The molecule has 1 fully saturated rings. The summed E-state index contributed by atoms with van der Waals surface area (Å²) in [6.45, 7) is 4.26. The molecule has 2 aliphatic rings. The van der Waals surface area contributed by atoms with Gasteiger partial charge in [0.1, 0.15) is 11.9 Å². The molecule has 2 N–H and O–H groups in total. The van der Waals surface area contributed by atoms with Crippen molar-refractivity contribution in [3.63, 3.8) is 0 Å². The molecule has 7 nitrogen and oxygen atoms in total. The largest absolute Gasteiger partial charge is 0.495 e. The first-order valence-corrected chi connectivity index (χ1v) is 14.7. The summed E-state index contributed by atoms with van der Waals surface area (Å²) in [6.07, 6.45) is 6.19. The highest BCUT2D eigenvalue weighted by atomic mass is 32.2. The predicted octanol–water partition coefficient (Wildman–Crippen LogP) is 6.54. The molecule has 6 rings (SSSR count). The van der Waals surface area contributed by atoms with Crippen LogP contribution in [0.5, 0.6) is 5.75 Å². The second-order valence-corrected chi connectivity index (χ2v) is 11.7. The van der Waals surface area contributed by atoms with Gasteiger partial charge in [0.15, 0.2) is 0 Å². The van der Waals surface area contributed by atoms with Crippen LogP contribution in [0.2, 0.25) is 0 Å². The van der Waals surface area contributed by atoms with Crippen LogP contribution in [0.15, 0.2) is 97.6 Å². The zero-order valence-corrected chi connectivity index (χ0v) is 23.5. The summed E-state index contributed by atoms with van der Waals surface area (Å²) in [6, 6.07) is 18.9. The van der Waals surface area contributed by atoms with Crippen molar-refractivity contribution in [2.75, 3.05) is 37.0 Å². The fraction of sp³-hybridized carbons (Fsp3) is 0.267. The van der Waals surface area contributed by atoms with Gasteiger partial charge >= 0.3 is 0 Å². The first kappa shape index (κ1) is 25.9. The summed E-state index contributed by atoms with van der Waals surface area (Å²) in [4.78, 5) is 26.1. The topological polar surface area (TPSA) is 79.5 Å². The predicted molar refractivity (Wildman–Crippen MR) is 157 cm³/mol. The average Bonchev–Trinajstić information content (AvgIpc) is 2.98. The number of rotatable bonds is 7. The molecule has 2 unspecified atom stereocenters. The Bertz CT molecular complexity index is 1540. The third-order valence-electron chi connectivity index (χ3n) is 7.04. The second-order valence-electron chi connectivity index (χ2n) is 9.52. The quantitative estimate of drug-likeness (QED) is 0.233. The summed E-state index contributed by atoms with van der Waals surface area (Å²) in [5, 5.41) is 3.69. The van der Waals surface area contributed by atoms with E-state index in [-0.39, 0.29) is 17.7 Å². The Hall–Kier alpha value is -3.40. The van der Waals surface area contributed by atoms with Gasteiger partial charge in [0.25, 0.3) is 0 Å². The molecule has 0 bridgehead atoms. The van der Waals surface area contributed by atoms with Crippen LogP contribution >= 0.6 is 23.5 Å². The van der Waals surface area contributed by atoms with Crippen LogP contribution in [0.4, 0.5) is 11.4 Å². The maximum Gasteiger partial charge on any atom is 0.249 e. The Balaban J connectivity index is 1.22. The third kappa shape index (κ3) is 5.52. The Morgan fingerprint density at radius 2 is 2.05 bits per heavy atom. The molecule has 9 heteroatoms. The van der Waals surface area contributed by atoms with Crippen LogP contribution in [0, 0.1) is 0 Å². The number of benzene rings is 2. The van der Waals surface area contributed by atoms with Gasteiger partial charge in [0, 0.05) is 62.5 Å². The van der Waals surface area contributed by atoms with Crippen LogP contribution < -0.4 is 20.5 Å². The highest BCUT2D eigenvalue weighted by Gasteiger charge is 2.28. The van der Waals surface area contributed by atoms with E-state index >= 15 is 0 Å². The van der Waals surface area contributed by atoms with E-state index in [1.165, 1.54) is 25.1 Å². The van der Waals surface area contributed by atoms with E-state index in [0.717, 1.165) is 35.7 Å². The smallest absolute Gasteiger partial charge is 0.249 e. The van der Waals surface area contributed by atoms with Crippen molar-refractivity contribution < 1.29 is 9.47 Å². The van der Waals surface area contributed by atoms with Gasteiger partial charge in [-0.2, -0.15) is 0 Å². The number of aromatic nitrogens is 2. The van der Waals surface area contributed by atoms with Gasteiger partial charge in [-0.3, -0.25) is 9.78 Å². The molecular formula is C30H30N4O3S2. The highest BCUT2D eigenvalue weighted by Crippen LogP contribution is 2.52. The first-order valence-electron chi connectivity index (χ1n) is 13.0. The number of pyridine rings is 2. The minimum Gasteiger partial charge on any atom is -0.495 e. The van der Waals surface area contributed by atoms with Crippen molar-refractivity contribution >= 4 is 34.9 Å². The number of H-pyrrole nitrogens is 1. The average molecular weight is 559 g/mol. The second kappa shape index (κ2) is 11.4. The summed E-state index contributed by atoms with van der Waals surface area (Å²) in [5.74, 6) is 0.764. The molecule has 4 heterocycles. The molecule has 0 spiro atoms. The molecule has 2 aromatic heterocycles. The summed E-state index contributed by atoms with van der Waals surface area (Å²) < 4.78 is 11.6. The molecule has 4 aromatic rings. The lowest BCUT2D eigenvalue weighted by atomic mass is 10.1. The molecule has 39 heavy (non-hydrogen) atoms. The van der Waals surface area contributed by atoms with Crippen molar-refractivity contribution in [1.82, 2.24) is 9.97 Å². The Morgan fingerprint density at radius 1 is 1.13 bits per heavy atom. The van der Waals surface area contributed by atoms with Crippen molar-refractivity contribution in [2.45, 2.75) is 45.1 Å². The standard InChI is InChI=1S/C30H30N4O3S2/c1-3-24(19-13-22(36-2)17-31-16-19)33-20-7-8-26-28(14-20)38-27-6-4-5-23(30(27)39-26)25-18-34(11-12-37-25)21-9-10-32-29(35)15-21/h4-10,13-17,24-25,33H,3,11-12,18H2,1-2H3,(H,32,35). The van der Waals surface area contributed by atoms with Crippen molar-refractivity contribution in [3.8, 4) is 5.75 Å². The van der Waals surface area contributed by atoms with Crippen molar-refractivity contribution in [1.29, 1.82) is 0 Å². The van der Waals surface area contributed by atoms with E-state index in [1.807, 2.05) is 30.1 Å². The molecule has 0 saturated carbocycles. The van der Waals surface area contributed by atoms with Crippen LogP contribution in [-0.4, -0.2) is 36.8 Å². The van der Waals surface area contributed by atoms with Gasteiger partial charge in [0.05, 0.1) is 26.0 Å². The number of nitrogens with one attached hydrogen (secondary N) is 2. The van der Waals surface area contributed by atoms with Crippen molar-refractivity contribution in [3.05, 3.63) is 94.7 Å². The zero-order chi connectivity index (χ0) is 26.8. The molecule has 2 atom stereocenters. The lowest BCUT2D eigenvalue weighted by Crippen LogP contribution is -2.39. The van der Waals surface area contributed by atoms with E-state index in [4.69, 9.17) is 9.47 Å². The highest BCUT2D eigenvalue weighted by molar-refractivity contribution is 8.05. The molecule has 1 saturated heterocycles. The van der Waals surface area contributed by atoms with Crippen LogP contribution in [-0.2, 0) is 4.74 Å². The lowest BCUT2D eigenvalue weighted by molar-refractivity contribution is 0.0379. The van der Waals surface area contributed by atoms with E-state index in [2.05, 4.69) is 63.5 Å². The number of anilines is 2. The Labute approximate surface area is 236 Å². The molecule has 0 radical (unpaired) electrons. The first-order chi connectivity index (χ1) is 19.1. The van der Waals surface area contributed by atoms with Gasteiger partial charge in [0.2, 0.25) is 5.56 Å². The van der Waals surface area contributed by atoms with Crippen LogP contribution in [0.3, 0.4) is 0 Å².